The number of nitrogens with one attached hydrogen (secondary N) is 2. The van der Waals surface area contributed by atoms with Gasteiger partial charge >= 0.3 is 6.09 Å². The summed E-state index contributed by atoms with van der Waals surface area (Å²) >= 11 is 0. The third kappa shape index (κ3) is 8.84. The monoisotopic (exact) mass is 536 g/mol. The van der Waals surface area contributed by atoms with Gasteiger partial charge in [0.1, 0.15) is 17.7 Å². The maximum absolute atomic E-state index is 14.2. The van der Waals surface area contributed by atoms with Crippen LogP contribution in [0.4, 0.5) is 4.79 Å². The zero-order valence-electron chi connectivity index (χ0n) is 23.2. The number of carbonyl (C=O) groups excluding carboxylic acids is 4. The maximum atomic E-state index is 14.2. The Morgan fingerprint density at radius 3 is 2.31 bits per heavy atom. The van der Waals surface area contributed by atoms with E-state index in [0.29, 0.717) is 12.1 Å². The van der Waals surface area contributed by atoms with Gasteiger partial charge in [0.05, 0.1) is 0 Å². The number of primary amides is 1. The van der Waals surface area contributed by atoms with Crippen molar-refractivity contribution < 1.29 is 23.9 Å². The average molecular weight is 537 g/mol. The smallest absolute Gasteiger partial charge is 0.408 e. The molecule has 1 saturated carbocycles. The minimum absolute atomic E-state index is 0.0111. The van der Waals surface area contributed by atoms with Gasteiger partial charge in [-0.3, -0.25) is 14.4 Å². The molecule has 0 bridgehead atoms. The Kier molecular flexibility index (Phi) is 10.1. The number of nitrogens with two attached hydrogens (primary N) is 1. The van der Waals surface area contributed by atoms with E-state index in [1.165, 1.54) is 0 Å². The number of nitrogens with zero attached hydrogens (tertiary/aromatic N) is 1. The molecule has 1 aliphatic rings. The van der Waals surface area contributed by atoms with Crippen LogP contribution in [0.15, 0.2) is 54.6 Å². The quantitative estimate of drug-likeness (QED) is 0.401. The van der Waals surface area contributed by atoms with Gasteiger partial charge in [0.15, 0.2) is 0 Å². The predicted octanol–water partition coefficient (Wildman–Crippen LogP) is 3.89. The highest BCUT2D eigenvalue weighted by Gasteiger charge is 2.42. The highest BCUT2D eigenvalue weighted by Crippen LogP contribution is 2.34. The average Bonchev–Trinajstić information content (AvgIpc) is 2.83. The Morgan fingerprint density at radius 2 is 1.74 bits per heavy atom. The minimum Gasteiger partial charge on any atom is -0.444 e. The van der Waals surface area contributed by atoms with Crippen molar-refractivity contribution in [1.82, 2.24) is 15.5 Å². The molecule has 2 aromatic carbocycles. The SMILES string of the molecule is Cc1cccc(C(C(=O)NCc2ccccc2)N(C(=O)C(CCC(N)=O)NC(=O)OC(C)(C)C)C2CCC2)c1. The number of aryl methyl sites for hydroxylation is 1. The van der Waals surface area contributed by atoms with Crippen molar-refractivity contribution in [1.29, 1.82) is 0 Å². The molecule has 3 rings (SSSR count). The van der Waals surface area contributed by atoms with Gasteiger partial charge in [-0.05, 0) is 64.5 Å². The largest absolute Gasteiger partial charge is 0.444 e. The normalized spacial score (nSPS) is 14.9. The number of rotatable bonds is 11. The summed E-state index contributed by atoms with van der Waals surface area (Å²) in [6.07, 6.45) is 1.48. The summed E-state index contributed by atoms with van der Waals surface area (Å²) in [5, 5.41) is 5.63. The molecule has 1 fully saturated rings. The van der Waals surface area contributed by atoms with E-state index in [0.717, 1.165) is 30.4 Å². The van der Waals surface area contributed by atoms with E-state index in [-0.39, 0.29) is 24.8 Å². The van der Waals surface area contributed by atoms with E-state index in [9.17, 15) is 19.2 Å². The van der Waals surface area contributed by atoms with Gasteiger partial charge in [0.2, 0.25) is 17.7 Å². The first-order valence-corrected chi connectivity index (χ1v) is 13.4. The van der Waals surface area contributed by atoms with E-state index in [1.54, 1.807) is 25.7 Å². The number of hydrogen-bond acceptors (Lipinski definition) is 5. The van der Waals surface area contributed by atoms with Crippen molar-refractivity contribution in [3.63, 3.8) is 0 Å². The van der Waals surface area contributed by atoms with Crippen LogP contribution >= 0.6 is 0 Å². The van der Waals surface area contributed by atoms with Crippen LogP contribution in [0, 0.1) is 6.92 Å². The first kappa shape index (κ1) is 29.7. The highest BCUT2D eigenvalue weighted by molar-refractivity contribution is 5.92. The molecule has 2 unspecified atom stereocenters. The van der Waals surface area contributed by atoms with Crippen molar-refractivity contribution in [3.05, 3.63) is 71.3 Å². The molecule has 0 radical (unpaired) electrons. The summed E-state index contributed by atoms with van der Waals surface area (Å²) in [6, 6.07) is 14.8. The van der Waals surface area contributed by atoms with Gasteiger partial charge in [0, 0.05) is 19.0 Å². The van der Waals surface area contributed by atoms with Gasteiger partial charge < -0.3 is 26.0 Å². The Balaban J connectivity index is 1.96. The Morgan fingerprint density at radius 1 is 1.05 bits per heavy atom. The fourth-order valence-electron chi connectivity index (χ4n) is 4.52. The van der Waals surface area contributed by atoms with E-state index >= 15 is 0 Å². The Hall–Kier alpha value is -3.88. The third-order valence-electron chi connectivity index (χ3n) is 6.58. The van der Waals surface area contributed by atoms with Crippen LogP contribution in [0.25, 0.3) is 0 Å². The summed E-state index contributed by atoms with van der Waals surface area (Å²) < 4.78 is 5.39. The third-order valence-corrected chi connectivity index (χ3v) is 6.58. The molecule has 4 N–H and O–H groups in total. The predicted molar refractivity (Wildman–Crippen MR) is 148 cm³/mol. The number of hydrogen-bond donors (Lipinski definition) is 3. The van der Waals surface area contributed by atoms with Crippen LogP contribution < -0.4 is 16.4 Å². The molecule has 0 spiro atoms. The van der Waals surface area contributed by atoms with Crippen LogP contribution in [0.5, 0.6) is 0 Å². The van der Waals surface area contributed by atoms with Crippen LogP contribution in [-0.2, 0) is 25.7 Å². The van der Waals surface area contributed by atoms with Crippen molar-refractivity contribution >= 4 is 23.8 Å². The molecule has 4 amide bonds. The van der Waals surface area contributed by atoms with E-state index in [1.807, 2.05) is 61.5 Å². The van der Waals surface area contributed by atoms with Crippen LogP contribution in [0.2, 0.25) is 0 Å². The second-order valence-corrected chi connectivity index (χ2v) is 11.1. The lowest BCUT2D eigenvalue weighted by molar-refractivity contribution is -0.147. The molecule has 0 heterocycles. The molecular formula is C30H40N4O5. The maximum Gasteiger partial charge on any atom is 0.408 e. The molecule has 39 heavy (non-hydrogen) atoms. The molecule has 9 nitrogen and oxygen atoms in total. The topological polar surface area (TPSA) is 131 Å². The summed E-state index contributed by atoms with van der Waals surface area (Å²) in [5.74, 6) is -1.37. The Labute approximate surface area is 230 Å². The van der Waals surface area contributed by atoms with E-state index < -0.39 is 35.6 Å². The van der Waals surface area contributed by atoms with Gasteiger partial charge in [-0.2, -0.15) is 0 Å². The van der Waals surface area contributed by atoms with Gasteiger partial charge in [0.25, 0.3) is 0 Å². The molecule has 0 saturated heterocycles. The van der Waals surface area contributed by atoms with Crippen molar-refractivity contribution in [2.24, 2.45) is 5.73 Å². The number of amides is 4. The lowest BCUT2D eigenvalue weighted by Crippen LogP contribution is -2.57. The zero-order valence-corrected chi connectivity index (χ0v) is 23.2. The number of benzene rings is 2. The standard InChI is InChI=1S/C30H40N4O5/c1-20-10-8-13-22(18-20)26(27(36)32-19-21-11-6-5-7-12-21)34(23-14-9-15-23)28(37)24(16-17-25(31)35)33-29(38)39-30(2,3)4/h5-8,10-13,18,23-24,26H,9,14-17,19H2,1-4H3,(H2,31,35)(H,32,36)(H,33,38). The second-order valence-electron chi connectivity index (χ2n) is 11.1. The molecule has 1 aliphatic carbocycles. The summed E-state index contributed by atoms with van der Waals surface area (Å²) in [4.78, 5) is 53.9. The molecule has 0 aromatic heterocycles. The lowest BCUT2D eigenvalue weighted by Gasteiger charge is -2.43. The van der Waals surface area contributed by atoms with Gasteiger partial charge in [-0.25, -0.2) is 4.79 Å². The fraction of sp³-hybridized carbons (Fsp3) is 0.467. The number of carbonyl (C=O) groups is 4. The number of ether oxygens (including phenoxy) is 1. The van der Waals surface area contributed by atoms with Crippen LogP contribution in [-0.4, -0.2) is 46.4 Å². The summed E-state index contributed by atoms with van der Waals surface area (Å²) in [6.45, 7) is 7.39. The van der Waals surface area contributed by atoms with Crippen LogP contribution in [0.3, 0.4) is 0 Å². The van der Waals surface area contributed by atoms with Gasteiger partial charge in [-0.1, -0.05) is 60.2 Å². The number of alkyl carbamates (subject to hydrolysis) is 1. The first-order valence-electron chi connectivity index (χ1n) is 13.4. The van der Waals surface area contributed by atoms with Crippen LogP contribution in [0.1, 0.15) is 75.6 Å². The lowest BCUT2D eigenvalue weighted by atomic mass is 9.87. The van der Waals surface area contributed by atoms with E-state index in [2.05, 4.69) is 10.6 Å². The Bertz CT molecular complexity index is 1160. The molecule has 210 valence electrons. The highest BCUT2D eigenvalue weighted by atomic mass is 16.6. The molecule has 9 heteroatoms. The first-order chi connectivity index (χ1) is 18.4. The van der Waals surface area contributed by atoms with Gasteiger partial charge in [-0.15, -0.1) is 0 Å². The fourth-order valence-corrected chi connectivity index (χ4v) is 4.52. The van der Waals surface area contributed by atoms with Crippen molar-refractivity contribution in [2.75, 3.05) is 0 Å². The zero-order chi connectivity index (χ0) is 28.6. The summed E-state index contributed by atoms with van der Waals surface area (Å²) in [5.41, 5.74) is 7.16. The minimum atomic E-state index is -1.10. The molecule has 0 aliphatic heterocycles. The van der Waals surface area contributed by atoms with E-state index in [4.69, 9.17) is 10.5 Å². The van der Waals surface area contributed by atoms with Crippen molar-refractivity contribution in [3.8, 4) is 0 Å². The molecule has 2 aromatic rings. The molecule has 2 atom stereocenters. The summed E-state index contributed by atoms with van der Waals surface area (Å²) in [7, 11) is 0. The second kappa shape index (κ2) is 13.3. The van der Waals surface area contributed by atoms with Crippen molar-refractivity contribution in [2.45, 2.75) is 90.1 Å². The molecular weight excluding hydrogens is 496 g/mol.